The third kappa shape index (κ3) is 20.4. The zero-order valence-corrected chi connectivity index (χ0v) is 47.1. The van der Waals surface area contributed by atoms with Crippen molar-refractivity contribution in [1.29, 1.82) is 0 Å². The molecule has 28 heteroatoms. The van der Waals surface area contributed by atoms with Crippen LogP contribution >= 0.6 is 0 Å². The van der Waals surface area contributed by atoms with Gasteiger partial charge in [-0.25, -0.2) is 4.79 Å². The van der Waals surface area contributed by atoms with E-state index >= 15 is 0 Å². The van der Waals surface area contributed by atoms with Gasteiger partial charge >= 0.3 is 11.9 Å². The van der Waals surface area contributed by atoms with Gasteiger partial charge in [-0.2, -0.15) is 0 Å². The Balaban J connectivity index is 1.35. The number of carbonyl (C=O) groups is 13. The molecule has 0 bridgehead atoms. The molecule has 0 aliphatic carbocycles. The lowest BCUT2D eigenvalue weighted by Crippen LogP contribution is -2.60. The van der Waals surface area contributed by atoms with Gasteiger partial charge in [0.05, 0.1) is 25.6 Å². The molecular weight excluding hydrogens is 1080 g/mol. The molecule has 2 aromatic rings. The van der Waals surface area contributed by atoms with E-state index in [1.807, 2.05) is 30.3 Å². The molecule has 0 saturated carbocycles. The fraction of sp³-hybridized carbons (Fsp3) is 0.545. The van der Waals surface area contributed by atoms with Crippen LogP contribution in [0, 0.1) is 11.8 Å². The second-order valence-electron chi connectivity index (χ2n) is 21.2. The van der Waals surface area contributed by atoms with Crippen molar-refractivity contribution in [2.75, 3.05) is 26.2 Å². The molecule has 2 aliphatic heterocycles. The van der Waals surface area contributed by atoms with E-state index in [1.54, 1.807) is 44.2 Å². The smallest absolute Gasteiger partial charge is 0.326 e. The first-order valence-corrected chi connectivity index (χ1v) is 27.4. The molecule has 15 N–H and O–H groups in total. The Hall–Kier alpha value is -8.53. The normalized spacial score (nSPS) is 17.7. The molecule has 2 heterocycles. The van der Waals surface area contributed by atoms with Gasteiger partial charge in [-0.05, 0) is 68.4 Å². The summed E-state index contributed by atoms with van der Waals surface area (Å²) >= 11 is 0. The molecule has 0 aromatic heterocycles. The number of amides is 11. The minimum absolute atomic E-state index is 0.0908. The number of carbonyl (C=O) groups excluding carboxylic acids is 11. The van der Waals surface area contributed by atoms with E-state index < -0.39 is 182 Å². The third-order valence-corrected chi connectivity index (χ3v) is 14.0. The van der Waals surface area contributed by atoms with Crippen molar-refractivity contribution in [1.82, 2.24) is 52.3 Å². The van der Waals surface area contributed by atoms with Gasteiger partial charge < -0.3 is 79.1 Å². The highest BCUT2D eigenvalue weighted by Gasteiger charge is 2.45. The Bertz CT molecular complexity index is 2660. The van der Waals surface area contributed by atoms with Crippen molar-refractivity contribution in [3.8, 4) is 0 Å². The number of aliphatic hydroxyl groups excluding tert-OH is 1. The molecule has 2 aliphatic rings. The largest absolute Gasteiger partial charge is 0.481 e. The molecule has 2 fully saturated rings. The Morgan fingerprint density at radius 1 is 0.578 bits per heavy atom. The van der Waals surface area contributed by atoms with Crippen LogP contribution < -0.4 is 54.0 Å². The van der Waals surface area contributed by atoms with E-state index in [0.717, 1.165) is 5.56 Å². The average Bonchev–Trinajstić information content (AvgIpc) is 4.12. The summed E-state index contributed by atoms with van der Waals surface area (Å²) in [5, 5.41) is 48.1. The molecule has 2 saturated heterocycles. The molecule has 4 rings (SSSR count). The number of hydrogen-bond acceptors (Lipinski definition) is 15. The van der Waals surface area contributed by atoms with Crippen molar-refractivity contribution in [2.24, 2.45) is 23.3 Å². The third-order valence-electron chi connectivity index (χ3n) is 14.0. The highest BCUT2D eigenvalue weighted by Crippen LogP contribution is 2.27. The molecule has 0 unspecified atom stereocenters. The molecule has 28 nitrogen and oxygen atoms in total. The molecule has 0 radical (unpaired) electrons. The van der Waals surface area contributed by atoms with Gasteiger partial charge in [0.2, 0.25) is 65.0 Å². The van der Waals surface area contributed by atoms with E-state index in [2.05, 4.69) is 42.5 Å². The van der Waals surface area contributed by atoms with Crippen molar-refractivity contribution in [3.05, 3.63) is 71.8 Å². The number of aliphatic carboxylic acids is 2. The molecule has 11 amide bonds. The van der Waals surface area contributed by atoms with Crippen molar-refractivity contribution in [2.45, 2.75) is 153 Å². The van der Waals surface area contributed by atoms with E-state index in [9.17, 15) is 77.6 Å². The second-order valence-corrected chi connectivity index (χ2v) is 21.2. The molecular formula is C55H78N12O16. The fourth-order valence-corrected chi connectivity index (χ4v) is 9.41. The van der Waals surface area contributed by atoms with Crippen LogP contribution in [-0.4, -0.2) is 189 Å². The van der Waals surface area contributed by atoms with E-state index in [4.69, 9.17) is 11.5 Å². The minimum atomic E-state index is -1.79. The van der Waals surface area contributed by atoms with Crippen LogP contribution in [-0.2, 0) is 75.2 Å². The number of carboxylic acids is 2. The molecule has 454 valence electrons. The van der Waals surface area contributed by atoms with Crippen molar-refractivity contribution in [3.63, 3.8) is 0 Å². The number of nitrogens with zero attached hydrogens (tertiary/aromatic N) is 2. The number of rotatable bonds is 31. The first kappa shape index (κ1) is 67.0. The van der Waals surface area contributed by atoms with E-state index in [-0.39, 0.29) is 38.8 Å². The lowest BCUT2D eigenvalue weighted by atomic mass is 10.00. The Morgan fingerprint density at radius 3 is 1.66 bits per heavy atom. The molecule has 83 heavy (non-hydrogen) atoms. The number of nitrogens with two attached hydrogens (primary N) is 2. The first-order chi connectivity index (χ1) is 39.2. The lowest BCUT2D eigenvalue weighted by Gasteiger charge is -2.34. The fourth-order valence-electron chi connectivity index (χ4n) is 9.41. The van der Waals surface area contributed by atoms with E-state index in [0.29, 0.717) is 18.4 Å². The van der Waals surface area contributed by atoms with Gasteiger partial charge in [0.1, 0.15) is 54.4 Å². The second kappa shape index (κ2) is 32.2. The van der Waals surface area contributed by atoms with Gasteiger partial charge in [-0.3, -0.25) is 57.5 Å². The number of carboxylic acid groups (broad SMARTS) is 2. The highest BCUT2D eigenvalue weighted by molar-refractivity contribution is 6.00. The summed E-state index contributed by atoms with van der Waals surface area (Å²) in [4.78, 5) is 174. The summed E-state index contributed by atoms with van der Waals surface area (Å²) in [7, 11) is 0. The number of primary amides is 1. The summed E-state index contributed by atoms with van der Waals surface area (Å²) < 4.78 is 0. The lowest BCUT2D eigenvalue weighted by molar-refractivity contribution is -0.148. The van der Waals surface area contributed by atoms with Gasteiger partial charge in [-0.1, -0.05) is 88.4 Å². The van der Waals surface area contributed by atoms with Gasteiger partial charge in [0.25, 0.3) is 0 Å². The number of nitrogens with one attached hydrogen (secondary N) is 8. The monoisotopic (exact) mass is 1160 g/mol. The van der Waals surface area contributed by atoms with Crippen molar-refractivity contribution < 1.29 is 77.6 Å². The molecule has 2 aromatic carbocycles. The topological polar surface area (TPSA) is 437 Å². The zero-order chi connectivity index (χ0) is 61.7. The van der Waals surface area contributed by atoms with Crippen LogP contribution in [0.1, 0.15) is 90.7 Å². The zero-order valence-electron chi connectivity index (χ0n) is 47.1. The van der Waals surface area contributed by atoms with Gasteiger partial charge in [0, 0.05) is 25.9 Å². The van der Waals surface area contributed by atoms with E-state index in [1.165, 1.54) is 30.6 Å². The maximum Gasteiger partial charge on any atom is 0.326 e. The SMILES string of the molecule is CC(C)[C@H](NC(=O)[C@H](CC(N)=O)NC(=O)[C@@H]1CCCN1C(=O)[C@@H]1CCCN1C(=O)[C@@H](NC(=O)[C@@H](N)Cc1ccccc1)C(C)C)C(=O)NCC(=O)N[C@@H](CO)C(=O)N[C@@H](CCC(=O)O)C(=O)N[C@@H](C)C(=O)N[C@@H](Cc1ccccc1)C(=O)O. The van der Waals surface area contributed by atoms with Crippen LogP contribution in [0.25, 0.3) is 0 Å². The average molecular weight is 1160 g/mol. The Kier molecular flexibility index (Phi) is 26.0. The van der Waals surface area contributed by atoms with Crippen LogP contribution in [0.5, 0.6) is 0 Å². The summed E-state index contributed by atoms with van der Waals surface area (Å²) in [5.41, 5.74) is 13.1. The quantitative estimate of drug-likeness (QED) is 0.0347. The number of benzene rings is 2. The van der Waals surface area contributed by atoms with Crippen LogP contribution in [0.15, 0.2) is 60.7 Å². The maximum atomic E-state index is 14.3. The summed E-state index contributed by atoms with van der Waals surface area (Å²) in [6, 6.07) is 4.08. The first-order valence-electron chi connectivity index (χ1n) is 27.4. The predicted molar refractivity (Wildman–Crippen MR) is 295 cm³/mol. The standard InChI is InChI=1S/C55H78N12O16/c1-29(2)44(52(79)58-27-42(70)60-38(28-68)50(77)61-35(20-21-43(71)72)48(75)59-31(5)46(73)63-37(55(82)83)25-33-16-10-7-11-17-33)64-49(76)36(26-41(57)69)62-51(78)39-18-12-22-66(39)53(80)40-19-13-23-67(40)54(81)45(30(3)4)65-47(74)34(56)24-32-14-8-6-9-15-32/h6-11,14-17,29-31,34-40,44-45,68H,12-13,18-28,56H2,1-5H3,(H2,57,69)(H,58,79)(H,59,75)(H,60,70)(H,61,77)(H,62,78)(H,63,73)(H,64,76)(H,65,74)(H,71,72)(H,82,83)/t31-,34-,35-,36-,37-,38-,39-,40-,44-,45-/m0/s1. The summed E-state index contributed by atoms with van der Waals surface area (Å²) in [5.74, 6) is -13.4. The highest BCUT2D eigenvalue weighted by atomic mass is 16.4. The maximum absolute atomic E-state index is 14.3. The molecule has 0 spiro atoms. The minimum Gasteiger partial charge on any atom is -0.481 e. The number of likely N-dealkylation sites (tertiary alicyclic amines) is 2. The summed E-state index contributed by atoms with van der Waals surface area (Å²) in [6.07, 6.45) is -0.551. The van der Waals surface area contributed by atoms with Crippen molar-refractivity contribution >= 4 is 76.9 Å². The molecule has 10 atom stereocenters. The van der Waals surface area contributed by atoms with Crippen LogP contribution in [0.3, 0.4) is 0 Å². The number of aliphatic hydroxyl groups is 1. The Morgan fingerprint density at radius 2 is 1.11 bits per heavy atom. The van der Waals surface area contributed by atoms with Gasteiger partial charge in [0.15, 0.2) is 0 Å². The summed E-state index contributed by atoms with van der Waals surface area (Å²) in [6.45, 7) is 6.17. The van der Waals surface area contributed by atoms with Crippen LogP contribution in [0.4, 0.5) is 0 Å². The Labute approximate surface area is 479 Å². The predicted octanol–water partition coefficient (Wildman–Crippen LogP) is -3.56. The van der Waals surface area contributed by atoms with Crippen LogP contribution in [0.2, 0.25) is 0 Å². The van der Waals surface area contributed by atoms with Gasteiger partial charge in [-0.15, -0.1) is 0 Å². The number of hydrogen-bond donors (Lipinski definition) is 13.